The average Bonchev–Trinajstić information content (AvgIpc) is 2.67. The second kappa shape index (κ2) is 9.66. The van der Waals surface area contributed by atoms with Crippen LogP contribution in [-0.2, 0) is 19.0 Å². The second-order valence-corrected chi connectivity index (χ2v) is 6.78. The Morgan fingerprint density at radius 3 is 2.39 bits per heavy atom. The summed E-state index contributed by atoms with van der Waals surface area (Å²) >= 11 is 5.56. The maximum atomic E-state index is 12.8. The predicted octanol–water partition coefficient (Wildman–Crippen LogP) is 2.58. The van der Waals surface area contributed by atoms with E-state index in [1.807, 2.05) is 18.7 Å². The highest BCUT2D eigenvalue weighted by Gasteiger charge is 2.36. The zero-order valence-electron chi connectivity index (χ0n) is 16.8. The molecule has 1 aromatic rings. The summed E-state index contributed by atoms with van der Waals surface area (Å²) in [4.78, 5) is 26.3. The Morgan fingerprint density at radius 1 is 1.21 bits per heavy atom. The third kappa shape index (κ3) is 4.51. The topological polar surface area (TPSA) is 77.1 Å². The minimum atomic E-state index is -0.482. The summed E-state index contributed by atoms with van der Waals surface area (Å²) in [6.07, 6.45) is 0. The van der Waals surface area contributed by atoms with Crippen molar-refractivity contribution in [3.63, 3.8) is 0 Å². The molecule has 0 fully saturated rings. The van der Waals surface area contributed by atoms with Crippen LogP contribution in [-0.4, -0.2) is 55.4 Å². The highest BCUT2D eigenvalue weighted by atomic mass is 32.1. The van der Waals surface area contributed by atoms with Crippen molar-refractivity contribution < 1.29 is 23.8 Å². The molecule has 0 aliphatic carbocycles. The standard InChI is InChI=1S/C20H26N2O5S/c1-6-27-19(24)16-13(3)22(12(2)11-25-4)20(28)21-17(16)14-7-9-15(10-8-14)18(23)26-5/h7-10,12,17H,6,11H2,1-5H3,(H,21,28)/t12-,17-/m0/s1. The van der Waals surface area contributed by atoms with E-state index in [0.29, 0.717) is 28.6 Å². The quantitative estimate of drug-likeness (QED) is 0.547. The zero-order chi connectivity index (χ0) is 20.8. The Morgan fingerprint density at radius 2 is 1.86 bits per heavy atom. The molecule has 0 aromatic heterocycles. The van der Waals surface area contributed by atoms with Crippen LogP contribution < -0.4 is 5.32 Å². The number of hydrogen-bond donors (Lipinski definition) is 1. The van der Waals surface area contributed by atoms with Crippen LogP contribution in [0.5, 0.6) is 0 Å². The van der Waals surface area contributed by atoms with E-state index in [1.54, 1.807) is 38.3 Å². The van der Waals surface area contributed by atoms with Crippen molar-refractivity contribution in [2.75, 3.05) is 27.4 Å². The molecule has 1 aromatic carbocycles. The molecule has 1 aliphatic rings. The largest absolute Gasteiger partial charge is 0.465 e. The minimum absolute atomic E-state index is 0.0583. The van der Waals surface area contributed by atoms with E-state index in [0.717, 1.165) is 5.56 Å². The molecule has 7 nitrogen and oxygen atoms in total. The van der Waals surface area contributed by atoms with Gasteiger partial charge in [0.1, 0.15) is 0 Å². The minimum Gasteiger partial charge on any atom is -0.465 e. The lowest BCUT2D eigenvalue weighted by molar-refractivity contribution is -0.139. The summed E-state index contributed by atoms with van der Waals surface area (Å²) in [5.74, 6) is -0.831. The van der Waals surface area contributed by atoms with E-state index >= 15 is 0 Å². The number of methoxy groups -OCH3 is 2. The second-order valence-electron chi connectivity index (χ2n) is 6.39. The van der Waals surface area contributed by atoms with Gasteiger partial charge in [-0.3, -0.25) is 0 Å². The van der Waals surface area contributed by atoms with Crippen LogP contribution in [0, 0.1) is 0 Å². The monoisotopic (exact) mass is 406 g/mol. The molecular formula is C20H26N2O5S. The number of nitrogens with one attached hydrogen (secondary N) is 1. The first kappa shape index (κ1) is 21.8. The molecule has 0 bridgehead atoms. The number of carbonyl (C=O) groups excluding carboxylic acids is 2. The number of ether oxygens (including phenoxy) is 3. The Bertz CT molecular complexity index is 775. The van der Waals surface area contributed by atoms with Crippen LogP contribution in [0.4, 0.5) is 0 Å². The van der Waals surface area contributed by atoms with Gasteiger partial charge in [0, 0.05) is 12.8 Å². The molecule has 2 rings (SSSR count). The highest BCUT2D eigenvalue weighted by molar-refractivity contribution is 7.80. The Hall–Kier alpha value is -2.45. The molecule has 0 spiro atoms. The first-order chi connectivity index (χ1) is 13.3. The van der Waals surface area contributed by atoms with Crippen LogP contribution >= 0.6 is 12.2 Å². The van der Waals surface area contributed by atoms with Gasteiger partial charge < -0.3 is 24.4 Å². The number of carbonyl (C=O) groups is 2. The van der Waals surface area contributed by atoms with Crippen molar-refractivity contribution in [2.45, 2.75) is 32.9 Å². The highest BCUT2D eigenvalue weighted by Crippen LogP contribution is 2.32. The molecular weight excluding hydrogens is 380 g/mol. The van der Waals surface area contributed by atoms with Gasteiger partial charge in [0.05, 0.1) is 43.5 Å². The smallest absolute Gasteiger partial charge is 0.338 e. The van der Waals surface area contributed by atoms with Crippen LogP contribution in [0.2, 0.25) is 0 Å². The average molecular weight is 407 g/mol. The van der Waals surface area contributed by atoms with Gasteiger partial charge in [0.2, 0.25) is 0 Å². The molecule has 0 unspecified atom stereocenters. The van der Waals surface area contributed by atoms with Gasteiger partial charge in [0.25, 0.3) is 0 Å². The fraction of sp³-hybridized carbons (Fsp3) is 0.450. The summed E-state index contributed by atoms with van der Waals surface area (Å²) in [5, 5.41) is 3.73. The van der Waals surface area contributed by atoms with Crippen LogP contribution in [0.25, 0.3) is 0 Å². The van der Waals surface area contributed by atoms with E-state index in [1.165, 1.54) is 7.11 Å². The van der Waals surface area contributed by atoms with Crippen molar-refractivity contribution >= 4 is 29.3 Å². The molecule has 2 atom stereocenters. The van der Waals surface area contributed by atoms with Crippen molar-refractivity contribution in [2.24, 2.45) is 0 Å². The first-order valence-electron chi connectivity index (χ1n) is 9.00. The van der Waals surface area contributed by atoms with E-state index in [-0.39, 0.29) is 12.6 Å². The van der Waals surface area contributed by atoms with Crippen molar-refractivity contribution in [3.05, 3.63) is 46.7 Å². The third-order valence-electron chi connectivity index (χ3n) is 4.54. The van der Waals surface area contributed by atoms with E-state index in [9.17, 15) is 9.59 Å². The third-order valence-corrected chi connectivity index (χ3v) is 4.85. The molecule has 8 heteroatoms. The van der Waals surface area contributed by atoms with Gasteiger partial charge >= 0.3 is 11.9 Å². The Kier molecular flexibility index (Phi) is 7.53. The summed E-state index contributed by atoms with van der Waals surface area (Å²) in [6.45, 7) is 6.30. The molecule has 0 saturated heterocycles. The Labute approximate surface area is 170 Å². The summed E-state index contributed by atoms with van der Waals surface area (Å²) in [7, 11) is 2.95. The van der Waals surface area contributed by atoms with Crippen LogP contribution in [0.15, 0.2) is 35.5 Å². The fourth-order valence-corrected chi connectivity index (χ4v) is 3.69. The molecule has 1 N–H and O–H groups in total. The molecule has 1 heterocycles. The van der Waals surface area contributed by atoms with Gasteiger partial charge in [-0.15, -0.1) is 0 Å². The van der Waals surface area contributed by atoms with Gasteiger partial charge in [-0.25, -0.2) is 9.59 Å². The number of rotatable bonds is 7. The number of nitrogens with zero attached hydrogens (tertiary/aromatic N) is 1. The zero-order valence-corrected chi connectivity index (χ0v) is 17.6. The van der Waals surface area contributed by atoms with E-state index < -0.39 is 18.0 Å². The van der Waals surface area contributed by atoms with Crippen LogP contribution in [0.1, 0.15) is 42.7 Å². The molecule has 1 aliphatic heterocycles. The summed E-state index contributed by atoms with van der Waals surface area (Å²) in [5.41, 5.74) is 2.41. The number of thiocarbonyl (C=S) groups is 1. The van der Waals surface area contributed by atoms with Gasteiger partial charge in [0.15, 0.2) is 5.11 Å². The van der Waals surface area contributed by atoms with Crippen molar-refractivity contribution in [1.82, 2.24) is 10.2 Å². The SMILES string of the molecule is CCOC(=O)C1=C(C)N([C@@H](C)COC)C(=S)N[C@H]1c1ccc(C(=O)OC)cc1. The number of allylic oxidation sites excluding steroid dienone is 1. The summed E-state index contributed by atoms with van der Waals surface area (Å²) < 4.78 is 15.3. The molecule has 0 amide bonds. The molecule has 0 saturated carbocycles. The lowest BCUT2D eigenvalue weighted by atomic mass is 9.94. The molecule has 28 heavy (non-hydrogen) atoms. The van der Waals surface area contributed by atoms with Gasteiger partial charge in [-0.05, 0) is 50.7 Å². The summed E-state index contributed by atoms with van der Waals surface area (Å²) in [6, 6.07) is 6.32. The maximum absolute atomic E-state index is 12.8. The van der Waals surface area contributed by atoms with Gasteiger partial charge in [-0.1, -0.05) is 12.1 Å². The number of hydrogen-bond acceptors (Lipinski definition) is 6. The van der Waals surface area contributed by atoms with E-state index in [4.69, 9.17) is 26.4 Å². The first-order valence-corrected chi connectivity index (χ1v) is 9.41. The number of benzene rings is 1. The van der Waals surface area contributed by atoms with Crippen LogP contribution in [0.3, 0.4) is 0 Å². The fourth-order valence-electron chi connectivity index (χ4n) is 3.26. The lowest BCUT2D eigenvalue weighted by Crippen LogP contribution is -2.52. The lowest BCUT2D eigenvalue weighted by Gasteiger charge is -2.40. The maximum Gasteiger partial charge on any atom is 0.338 e. The predicted molar refractivity (Wildman–Crippen MR) is 109 cm³/mol. The number of esters is 2. The van der Waals surface area contributed by atoms with Crippen molar-refractivity contribution in [1.29, 1.82) is 0 Å². The van der Waals surface area contributed by atoms with Gasteiger partial charge in [-0.2, -0.15) is 0 Å². The molecule has 152 valence electrons. The molecule has 0 radical (unpaired) electrons. The van der Waals surface area contributed by atoms with E-state index in [2.05, 4.69) is 5.32 Å². The van der Waals surface area contributed by atoms with Crippen molar-refractivity contribution in [3.8, 4) is 0 Å². The normalized spacial score (nSPS) is 17.8. The Balaban J connectivity index is 2.48.